The molecule has 0 aromatic heterocycles. The number of amides is 1. The van der Waals surface area contributed by atoms with Gasteiger partial charge < -0.3 is 20.3 Å². The third-order valence-electron chi connectivity index (χ3n) is 19.1. The maximum Gasteiger partial charge on any atom is 0.305 e. The van der Waals surface area contributed by atoms with Gasteiger partial charge >= 0.3 is 5.97 Å². The Hall–Kier alpha value is -1.40. The molecule has 0 rings (SSSR count). The van der Waals surface area contributed by atoms with Crippen LogP contribution in [0.4, 0.5) is 0 Å². The lowest BCUT2D eigenvalue weighted by Crippen LogP contribution is -2.45. The lowest BCUT2D eigenvalue weighted by atomic mass is 10.0. The first-order valence-corrected chi connectivity index (χ1v) is 39.9. The molecule has 1 amide bonds. The van der Waals surface area contributed by atoms with Gasteiger partial charge in [0, 0.05) is 12.8 Å². The molecular weight excluding hydrogens is 1050 g/mol. The zero-order valence-corrected chi connectivity index (χ0v) is 58.8. The van der Waals surface area contributed by atoms with Crippen molar-refractivity contribution in [3.05, 3.63) is 12.2 Å². The van der Waals surface area contributed by atoms with E-state index in [1.54, 1.807) is 0 Å². The van der Waals surface area contributed by atoms with E-state index in [9.17, 15) is 19.8 Å². The molecule has 6 nitrogen and oxygen atoms in total. The number of carbonyl (C=O) groups is 2. The summed E-state index contributed by atoms with van der Waals surface area (Å²) in [5, 5.41) is 23.4. The zero-order chi connectivity index (χ0) is 62.0. The number of nitrogens with one attached hydrogen (secondary N) is 1. The molecule has 0 heterocycles. The molecule has 512 valence electrons. The van der Waals surface area contributed by atoms with Crippen LogP contribution in [0.5, 0.6) is 0 Å². The molecule has 0 aromatic rings. The lowest BCUT2D eigenvalue weighted by Gasteiger charge is -2.22. The first-order valence-electron chi connectivity index (χ1n) is 39.9. The Labute approximate surface area is 539 Å². The number of aliphatic hydroxyl groups is 2. The van der Waals surface area contributed by atoms with E-state index in [1.165, 1.54) is 392 Å². The van der Waals surface area contributed by atoms with Crippen LogP contribution in [0.1, 0.15) is 463 Å². The second-order valence-corrected chi connectivity index (χ2v) is 27.8. The van der Waals surface area contributed by atoms with Crippen molar-refractivity contribution in [2.75, 3.05) is 13.2 Å². The number of allylic oxidation sites excluding steroid dienone is 2. The Morgan fingerprint density at radius 2 is 0.547 bits per heavy atom. The van der Waals surface area contributed by atoms with Gasteiger partial charge in [-0.05, 0) is 51.4 Å². The van der Waals surface area contributed by atoms with E-state index < -0.39 is 12.1 Å². The van der Waals surface area contributed by atoms with E-state index in [0.29, 0.717) is 25.9 Å². The molecule has 0 aliphatic carbocycles. The van der Waals surface area contributed by atoms with Crippen molar-refractivity contribution in [1.29, 1.82) is 0 Å². The van der Waals surface area contributed by atoms with E-state index in [2.05, 4.69) is 31.3 Å². The molecule has 6 heteroatoms. The monoisotopic (exact) mass is 1210 g/mol. The van der Waals surface area contributed by atoms with Gasteiger partial charge in [0.05, 0.1) is 25.4 Å². The van der Waals surface area contributed by atoms with Gasteiger partial charge in [-0.1, -0.05) is 411 Å². The van der Waals surface area contributed by atoms with E-state index in [4.69, 9.17) is 4.74 Å². The van der Waals surface area contributed by atoms with Crippen LogP contribution in [0.3, 0.4) is 0 Å². The Balaban J connectivity index is 3.30. The normalized spacial score (nSPS) is 12.5. The zero-order valence-electron chi connectivity index (χ0n) is 58.8. The number of esters is 1. The summed E-state index contributed by atoms with van der Waals surface area (Å²) in [5.74, 6) is -0.00509. The highest BCUT2D eigenvalue weighted by atomic mass is 16.5. The molecule has 0 fully saturated rings. The predicted molar refractivity (Wildman–Crippen MR) is 380 cm³/mol. The second-order valence-electron chi connectivity index (χ2n) is 27.8. The first-order chi connectivity index (χ1) is 42.5. The van der Waals surface area contributed by atoms with Gasteiger partial charge in [-0.25, -0.2) is 0 Å². The summed E-state index contributed by atoms with van der Waals surface area (Å²) in [6.45, 7) is 5.01. The third kappa shape index (κ3) is 71.7. The third-order valence-corrected chi connectivity index (χ3v) is 19.1. The minimum Gasteiger partial charge on any atom is -0.466 e. The van der Waals surface area contributed by atoms with E-state index in [1.807, 2.05) is 0 Å². The highest BCUT2D eigenvalue weighted by Crippen LogP contribution is 2.20. The quantitative estimate of drug-likeness (QED) is 0.0320. The molecule has 0 saturated heterocycles. The molecule has 0 spiro atoms. The molecule has 0 aromatic carbocycles. The standard InChI is InChI=1S/C80H157NO5/c1-3-5-7-9-11-13-15-17-19-21-40-44-48-52-56-60-64-68-72-78(83)77(76-82)81-79(84)73-69-65-61-57-53-49-45-41-38-36-34-32-30-28-26-24-23-25-27-29-31-33-35-37-39-43-47-51-55-59-63-67-71-75-86-80(85)74-70-66-62-58-54-50-46-42-22-20-18-16-14-12-10-8-6-4-2/h20,22,77-78,82-83H,3-19,21,23-76H2,1-2H3,(H,81,84)/b22-20-. The predicted octanol–water partition coefficient (Wildman–Crippen LogP) is 26.3. The number of rotatable bonds is 76. The molecule has 86 heavy (non-hydrogen) atoms. The van der Waals surface area contributed by atoms with E-state index in [-0.39, 0.29) is 18.5 Å². The van der Waals surface area contributed by atoms with Crippen molar-refractivity contribution < 1.29 is 24.5 Å². The fraction of sp³-hybridized carbons (Fsp3) is 0.950. The molecule has 2 atom stereocenters. The summed E-state index contributed by atoms with van der Waals surface area (Å²) in [4.78, 5) is 24.7. The van der Waals surface area contributed by atoms with Crippen LogP contribution >= 0.6 is 0 Å². The molecule has 0 saturated carbocycles. The molecule has 0 bridgehead atoms. The number of ether oxygens (including phenoxy) is 1. The van der Waals surface area contributed by atoms with Crippen molar-refractivity contribution in [3.8, 4) is 0 Å². The van der Waals surface area contributed by atoms with Crippen LogP contribution in [-0.4, -0.2) is 47.4 Å². The minimum absolute atomic E-state index is 0.0201. The molecular formula is C80H157NO5. The van der Waals surface area contributed by atoms with Gasteiger partial charge in [0.15, 0.2) is 0 Å². The van der Waals surface area contributed by atoms with Gasteiger partial charge in [0.2, 0.25) is 5.91 Å². The first kappa shape index (κ1) is 84.6. The highest BCUT2D eigenvalue weighted by Gasteiger charge is 2.20. The maximum atomic E-state index is 12.5. The summed E-state index contributed by atoms with van der Waals surface area (Å²) in [5.41, 5.74) is 0. The van der Waals surface area contributed by atoms with Gasteiger partial charge in [0.25, 0.3) is 0 Å². The number of hydrogen-bond acceptors (Lipinski definition) is 5. The van der Waals surface area contributed by atoms with Gasteiger partial charge in [0.1, 0.15) is 0 Å². The molecule has 0 radical (unpaired) electrons. The van der Waals surface area contributed by atoms with Gasteiger partial charge in [-0.3, -0.25) is 9.59 Å². The van der Waals surface area contributed by atoms with Crippen LogP contribution in [-0.2, 0) is 14.3 Å². The number of aliphatic hydroxyl groups excluding tert-OH is 2. The topological polar surface area (TPSA) is 95.9 Å². The van der Waals surface area contributed by atoms with Crippen molar-refractivity contribution >= 4 is 11.9 Å². The van der Waals surface area contributed by atoms with E-state index in [0.717, 1.165) is 38.5 Å². The average Bonchev–Trinajstić information content (AvgIpc) is 3.54. The maximum absolute atomic E-state index is 12.5. The molecule has 0 aliphatic rings. The van der Waals surface area contributed by atoms with E-state index >= 15 is 0 Å². The van der Waals surface area contributed by atoms with Crippen molar-refractivity contribution in [1.82, 2.24) is 5.32 Å². The summed E-state index contributed by atoms with van der Waals surface area (Å²) < 4.78 is 5.51. The molecule has 3 N–H and O–H groups in total. The molecule has 2 unspecified atom stereocenters. The smallest absolute Gasteiger partial charge is 0.305 e. The Morgan fingerprint density at radius 1 is 0.314 bits per heavy atom. The Bertz CT molecular complexity index is 1300. The van der Waals surface area contributed by atoms with Crippen LogP contribution in [0.25, 0.3) is 0 Å². The average molecular weight is 1210 g/mol. The van der Waals surface area contributed by atoms with Crippen molar-refractivity contribution in [2.45, 2.75) is 475 Å². The fourth-order valence-corrected chi connectivity index (χ4v) is 13.0. The SMILES string of the molecule is CCCCCCCCC/C=C\CCCCCCCCCC(=O)OCCCCCCCCCCCCCCCCCCCCCCCCCCCCCCCCCCCC(=O)NC(CO)C(O)CCCCCCCCCCCCCCCCCCCC. The summed E-state index contributed by atoms with van der Waals surface area (Å²) in [6, 6.07) is -0.538. The Kier molecular flexibility index (Phi) is 74.8. The van der Waals surface area contributed by atoms with Crippen molar-refractivity contribution in [3.63, 3.8) is 0 Å². The Morgan fingerprint density at radius 3 is 0.826 bits per heavy atom. The summed E-state index contributed by atoms with van der Waals surface area (Å²) in [6.07, 6.45) is 95.9. The molecule has 0 aliphatic heterocycles. The van der Waals surface area contributed by atoms with Crippen LogP contribution < -0.4 is 5.32 Å². The summed E-state index contributed by atoms with van der Waals surface area (Å²) >= 11 is 0. The van der Waals surface area contributed by atoms with Crippen LogP contribution in [0.15, 0.2) is 12.2 Å². The van der Waals surface area contributed by atoms with Crippen LogP contribution in [0.2, 0.25) is 0 Å². The largest absolute Gasteiger partial charge is 0.466 e. The van der Waals surface area contributed by atoms with Gasteiger partial charge in [-0.15, -0.1) is 0 Å². The van der Waals surface area contributed by atoms with Crippen molar-refractivity contribution in [2.24, 2.45) is 0 Å². The summed E-state index contributed by atoms with van der Waals surface area (Å²) in [7, 11) is 0. The fourth-order valence-electron chi connectivity index (χ4n) is 13.0. The number of unbranched alkanes of at least 4 members (excludes halogenated alkanes) is 63. The van der Waals surface area contributed by atoms with Crippen LogP contribution in [0, 0.1) is 0 Å². The number of hydrogen-bond donors (Lipinski definition) is 3. The number of carbonyl (C=O) groups excluding carboxylic acids is 2. The van der Waals surface area contributed by atoms with Gasteiger partial charge in [-0.2, -0.15) is 0 Å². The second kappa shape index (κ2) is 76.1. The highest BCUT2D eigenvalue weighted by molar-refractivity contribution is 5.76. The minimum atomic E-state index is -0.661. The lowest BCUT2D eigenvalue weighted by molar-refractivity contribution is -0.143.